The number of hydrogen-bond acceptors (Lipinski definition) is 6. The van der Waals surface area contributed by atoms with Gasteiger partial charge in [0.15, 0.2) is 5.75 Å². The zero-order valence-corrected chi connectivity index (χ0v) is 8.09. The van der Waals surface area contributed by atoms with Gasteiger partial charge in [-0.25, -0.2) is 4.79 Å². The van der Waals surface area contributed by atoms with E-state index in [1.807, 2.05) is 0 Å². The fourth-order valence-electron chi connectivity index (χ4n) is 1.05. The zero-order chi connectivity index (χ0) is 14.8. The lowest BCUT2D eigenvalue weighted by atomic mass is 10.1. The minimum Gasteiger partial charge on any atom is -0.500 e. The van der Waals surface area contributed by atoms with Gasteiger partial charge in [-0.05, 0) is 6.07 Å². The molecule has 0 amide bonds. The lowest BCUT2D eigenvalue weighted by Gasteiger charge is -2.06. The van der Waals surface area contributed by atoms with Crippen LogP contribution in [-0.4, -0.2) is 30.1 Å². The number of methoxy groups -OCH3 is 2. The molecule has 0 aromatic heterocycles. The smallest absolute Gasteiger partial charge is 0.338 e. The summed E-state index contributed by atoms with van der Waals surface area (Å²) < 4.78 is 29.4. The number of phenolic OH excluding ortho intramolecular Hbond substituents is 1. The summed E-state index contributed by atoms with van der Waals surface area (Å²) in [6, 6.07) is 1.61. The summed E-state index contributed by atoms with van der Waals surface area (Å²) in [5, 5.41) is 20.2. The summed E-state index contributed by atoms with van der Waals surface area (Å²) in [4.78, 5) is 21.0. The van der Waals surface area contributed by atoms with Crippen molar-refractivity contribution in [2.24, 2.45) is 0 Å². The Labute approximate surface area is 94.6 Å². The molecule has 0 atom stereocenters. The third-order valence-electron chi connectivity index (χ3n) is 1.78. The van der Waals surface area contributed by atoms with Gasteiger partial charge in [0.1, 0.15) is 0 Å². The summed E-state index contributed by atoms with van der Waals surface area (Å²) in [5.74, 6) is -2.61. The lowest BCUT2D eigenvalue weighted by Crippen LogP contribution is -2.03. The first-order valence-corrected chi connectivity index (χ1v) is 3.94. The van der Waals surface area contributed by atoms with Gasteiger partial charge in [-0.3, -0.25) is 10.1 Å². The zero-order valence-electron chi connectivity index (χ0n) is 11.1. The van der Waals surface area contributed by atoms with Crippen LogP contribution >= 0.6 is 0 Å². The number of ether oxygens (including phenoxy) is 2. The van der Waals surface area contributed by atoms with Crippen LogP contribution in [-0.2, 0) is 4.74 Å². The molecule has 7 nitrogen and oxygen atoms in total. The van der Waals surface area contributed by atoms with Crippen LogP contribution in [0.4, 0.5) is 5.69 Å². The minimum absolute atomic E-state index is 0.314. The van der Waals surface area contributed by atoms with Gasteiger partial charge in [-0.1, -0.05) is 0 Å². The highest BCUT2D eigenvalue weighted by molar-refractivity contribution is 5.91. The van der Waals surface area contributed by atoms with E-state index in [4.69, 9.17) is 4.11 Å². The molecule has 0 aliphatic heterocycles. The molecule has 0 aliphatic carbocycles. The largest absolute Gasteiger partial charge is 0.500 e. The third-order valence-corrected chi connectivity index (χ3v) is 1.78. The van der Waals surface area contributed by atoms with Crippen LogP contribution in [0.25, 0.3) is 0 Å². The molecule has 1 aromatic carbocycles. The van der Waals surface area contributed by atoms with Crippen LogP contribution in [0.2, 0.25) is 0 Å². The quantitative estimate of drug-likeness (QED) is 0.474. The second kappa shape index (κ2) is 4.47. The number of aromatic hydroxyl groups is 1. The van der Waals surface area contributed by atoms with Crippen LogP contribution < -0.4 is 4.74 Å². The van der Waals surface area contributed by atoms with E-state index in [0.717, 1.165) is 19.2 Å². The molecule has 1 rings (SSSR count). The molecular weight excluding hydrogens is 218 g/mol. The van der Waals surface area contributed by atoms with E-state index < -0.39 is 35.1 Å². The maximum Gasteiger partial charge on any atom is 0.338 e. The van der Waals surface area contributed by atoms with Crippen LogP contribution in [0.1, 0.15) is 14.5 Å². The summed E-state index contributed by atoms with van der Waals surface area (Å²) in [7, 11) is -1.88. The van der Waals surface area contributed by atoms with Gasteiger partial charge in [-0.2, -0.15) is 0 Å². The summed E-state index contributed by atoms with van der Waals surface area (Å²) >= 11 is 0. The monoisotopic (exact) mass is 230 g/mol. The Bertz CT molecular complexity index is 527. The highest BCUT2D eigenvalue weighted by Gasteiger charge is 2.22. The van der Waals surface area contributed by atoms with Gasteiger partial charge in [0, 0.05) is 6.07 Å². The van der Waals surface area contributed by atoms with E-state index >= 15 is 0 Å². The van der Waals surface area contributed by atoms with Crippen LogP contribution in [0.5, 0.6) is 11.5 Å². The van der Waals surface area contributed by atoms with Gasteiger partial charge in [0.25, 0.3) is 0 Å². The van der Waals surface area contributed by atoms with Crippen LogP contribution in [0.3, 0.4) is 0 Å². The molecule has 0 aliphatic rings. The molecule has 86 valence electrons. The van der Waals surface area contributed by atoms with E-state index in [1.165, 1.54) is 0 Å². The average Bonchev–Trinajstić information content (AvgIpc) is 2.28. The minimum atomic E-state index is -2.93. The van der Waals surface area contributed by atoms with Gasteiger partial charge in [-0.15, -0.1) is 0 Å². The predicted octanol–water partition coefficient (Wildman–Crippen LogP) is 1.10. The second-order valence-electron chi connectivity index (χ2n) is 2.69. The van der Waals surface area contributed by atoms with Crippen molar-refractivity contribution >= 4 is 11.7 Å². The average molecular weight is 230 g/mol. The van der Waals surface area contributed by atoms with Crippen molar-refractivity contribution in [2.45, 2.75) is 0 Å². The summed E-state index contributed by atoms with van der Waals surface area (Å²) in [6.45, 7) is 0. The first-order chi connectivity index (χ1) is 8.65. The number of hydrogen-bond donors (Lipinski definition) is 1. The van der Waals surface area contributed by atoms with E-state index in [9.17, 15) is 20.0 Å². The molecule has 0 unspecified atom stereocenters. The summed E-state index contributed by atoms with van der Waals surface area (Å²) in [5.41, 5.74) is -1.17. The molecule has 0 heterocycles. The SMILES string of the molecule is [2H]C([2H])([2H])Oc1cc(C(=O)OC)cc([N+](=O)[O-])c1O. The van der Waals surface area contributed by atoms with Crippen molar-refractivity contribution in [1.29, 1.82) is 0 Å². The maximum absolute atomic E-state index is 11.3. The van der Waals surface area contributed by atoms with E-state index in [1.54, 1.807) is 0 Å². The topological polar surface area (TPSA) is 98.9 Å². The second-order valence-corrected chi connectivity index (χ2v) is 2.69. The van der Waals surface area contributed by atoms with Crippen molar-refractivity contribution in [1.82, 2.24) is 0 Å². The lowest BCUT2D eigenvalue weighted by molar-refractivity contribution is -0.386. The molecular formula is C9H9NO6. The molecule has 1 N–H and O–H groups in total. The van der Waals surface area contributed by atoms with Crippen molar-refractivity contribution in [3.8, 4) is 11.5 Å². The molecule has 0 spiro atoms. The summed E-state index contributed by atoms with van der Waals surface area (Å²) in [6.07, 6.45) is 0. The fraction of sp³-hybridized carbons (Fsp3) is 0.222. The Morgan fingerprint density at radius 2 is 2.31 bits per heavy atom. The van der Waals surface area contributed by atoms with E-state index in [0.29, 0.717) is 0 Å². The molecule has 0 fully saturated rings. The van der Waals surface area contributed by atoms with Crippen molar-refractivity contribution in [2.75, 3.05) is 14.1 Å². The number of nitro benzene ring substituents is 1. The highest BCUT2D eigenvalue weighted by Crippen LogP contribution is 2.36. The van der Waals surface area contributed by atoms with Crippen LogP contribution in [0.15, 0.2) is 12.1 Å². The fourth-order valence-corrected chi connectivity index (χ4v) is 1.05. The first-order valence-electron chi connectivity index (χ1n) is 5.44. The Hall–Kier alpha value is -2.31. The van der Waals surface area contributed by atoms with Gasteiger partial charge in [0.05, 0.1) is 28.7 Å². The van der Waals surface area contributed by atoms with Crippen LogP contribution in [0, 0.1) is 10.1 Å². The van der Waals surface area contributed by atoms with Crippen molar-refractivity contribution in [3.05, 3.63) is 27.8 Å². The number of nitro groups is 1. The van der Waals surface area contributed by atoms with Gasteiger partial charge in [0.2, 0.25) is 5.75 Å². The van der Waals surface area contributed by atoms with Gasteiger partial charge >= 0.3 is 11.7 Å². The maximum atomic E-state index is 11.3. The Morgan fingerprint density at radius 3 is 2.81 bits per heavy atom. The number of nitrogens with zero attached hydrogens (tertiary/aromatic N) is 1. The number of carbonyl (C=O) groups is 1. The molecule has 1 aromatic rings. The van der Waals surface area contributed by atoms with E-state index in [-0.39, 0.29) is 5.56 Å². The highest BCUT2D eigenvalue weighted by atomic mass is 16.6. The Morgan fingerprint density at radius 1 is 1.62 bits per heavy atom. The molecule has 7 heteroatoms. The molecule has 16 heavy (non-hydrogen) atoms. The van der Waals surface area contributed by atoms with Crippen molar-refractivity contribution in [3.63, 3.8) is 0 Å². The number of phenols is 1. The Kier molecular flexibility index (Phi) is 2.21. The normalized spacial score (nSPS) is 13.2. The van der Waals surface area contributed by atoms with Crippen molar-refractivity contribution < 1.29 is 28.4 Å². The number of benzene rings is 1. The standard InChI is InChI=1S/C9H9NO6/c1-15-7-4-5(9(12)16-2)3-6(8(7)11)10(13)14/h3-4,11H,1-2H3/i1D3. The first kappa shape index (κ1) is 7.91. The number of rotatable bonds is 3. The number of carbonyl (C=O) groups excluding carboxylic acids is 1. The molecule has 0 saturated heterocycles. The van der Waals surface area contributed by atoms with E-state index in [2.05, 4.69) is 9.47 Å². The van der Waals surface area contributed by atoms with Gasteiger partial charge < -0.3 is 14.6 Å². The third kappa shape index (κ3) is 2.02. The molecule has 0 saturated carbocycles. The Balaban J connectivity index is 3.40. The molecule has 0 radical (unpaired) electrons. The molecule has 0 bridgehead atoms. The predicted molar refractivity (Wildman–Crippen MR) is 52.7 cm³/mol. The number of esters is 1.